The van der Waals surface area contributed by atoms with Crippen LogP contribution in [-0.4, -0.2) is 25.2 Å². The van der Waals surface area contributed by atoms with Gasteiger partial charge < -0.3 is 10.3 Å². The Morgan fingerprint density at radius 1 is 1.17 bits per heavy atom. The van der Waals surface area contributed by atoms with Gasteiger partial charge in [0, 0.05) is 24.6 Å². The Bertz CT molecular complexity index is 582. The van der Waals surface area contributed by atoms with E-state index in [0.29, 0.717) is 0 Å². The van der Waals surface area contributed by atoms with Crippen molar-refractivity contribution in [3.8, 4) is 5.69 Å². The lowest BCUT2D eigenvalue weighted by atomic mass is 10.2. The second kappa shape index (κ2) is 4.70. The van der Waals surface area contributed by atoms with Gasteiger partial charge in [0.2, 0.25) is 0 Å². The molecule has 0 saturated carbocycles. The van der Waals surface area contributed by atoms with Crippen LogP contribution in [-0.2, 0) is 6.54 Å². The van der Waals surface area contributed by atoms with Crippen molar-refractivity contribution in [1.82, 2.24) is 25.2 Å². The van der Waals surface area contributed by atoms with Gasteiger partial charge in [-0.3, -0.25) is 0 Å². The maximum absolute atomic E-state index is 3.83. The minimum absolute atomic E-state index is 0.799. The van der Waals surface area contributed by atoms with Crippen LogP contribution in [0.4, 0.5) is 5.69 Å². The summed E-state index contributed by atoms with van der Waals surface area (Å²) in [5.74, 6) is 0. The predicted molar refractivity (Wildman–Crippen MR) is 67.3 cm³/mol. The molecule has 0 bridgehead atoms. The Hall–Kier alpha value is -2.63. The fraction of sp³-hybridized carbons (Fsp3) is 0.0833. The van der Waals surface area contributed by atoms with Gasteiger partial charge in [-0.15, -0.1) is 5.10 Å². The molecule has 6 nitrogen and oxygen atoms in total. The highest BCUT2D eigenvalue weighted by Crippen LogP contribution is 2.13. The summed E-state index contributed by atoms with van der Waals surface area (Å²) in [5, 5.41) is 14.4. The number of anilines is 1. The van der Waals surface area contributed by atoms with E-state index in [1.165, 1.54) is 5.56 Å². The molecule has 0 amide bonds. The molecule has 3 aromatic rings. The zero-order valence-corrected chi connectivity index (χ0v) is 9.61. The zero-order chi connectivity index (χ0) is 12.2. The quantitative estimate of drug-likeness (QED) is 0.726. The lowest BCUT2D eigenvalue weighted by Gasteiger charge is -2.06. The van der Waals surface area contributed by atoms with Crippen molar-refractivity contribution in [2.45, 2.75) is 6.54 Å². The normalized spacial score (nSPS) is 10.4. The summed E-state index contributed by atoms with van der Waals surface area (Å²) in [6.45, 7) is 0.799. The Morgan fingerprint density at radius 3 is 2.72 bits per heavy atom. The summed E-state index contributed by atoms with van der Waals surface area (Å²) in [4.78, 5) is 3.03. The third-order valence-corrected chi connectivity index (χ3v) is 2.64. The van der Waals surface area contributed by atoms with Crippen LogP contribution in [0.15, 0.2) is 49.1 Å². The molecule has 2 aromatic heterocycles. The zero-order valence-electron chi connectivity index (χ0n) is 9.61. The minimum atomic E-state index is 0.799. The first-order chi connectivity index (χ1) is 8.92. The van der Waals surface area contributed by atoms with Crippen LogP contribution < -0.4 is 5.32 Å². The number of rotatable bonds is 4. The van der Waals surface area contributed by atoms with Crippen molar-refractivity contribution in [2.75, 3.05) is 5.32 Å². The summed E-state index contributed by atoms with van der Waals surface area (Å²) < 4.78 is 1.62. The summed E-state index contributed by atoms with van der Waals surface area (Å²) >= 11 is 0. The first-order valence-corrected chi connectivity index (χ1v) is 5.61. The molecule has 0 radical (unpaired) electrons. The van der Waals surface area contributed by atoms with Gasteiger partial charge in [0.1, 0.15) is 6.33 Å². The van der Waals surface area contributed by atoms with E-state index in [-0.39, 0.29) is 0 Å². The molecule has 6 heteroatoms. The van der Waals surface area contributed by atoms with Crippen molar-refractivity contribution in [1.29, 1.82) is 0 Å². The van der Waals surface area contributed by atoms with E-state index >= 15 is 0 Å². The Balaban J connectivity index is 1.68. The van der Waals surface area contributed by atoms with E-state index in [1.807, 2.05) is 42.7 Å². The average Bonchev–Trinajstić information content (AvgIpc) is 3.10. The highest BCUT2D eigenvalue weighted by Gasteiger charge is 1.98. The van der Waals surface area contributed by atoms with Gasteiger partial charge in [0.05, 0.1) is 5.69 Å². The molecular formula is C12H12N6. The number of H-pyrrole nitrogens is 1. The van der Waals surface area contributed by atoms with Crippen molar-refractivity contribution < 1.29 is 0 Å². The first kappa shape index (κ1) is 10.5. The second-order valence-corrected chi connectivity index (χ2v) is 3.87. The maximum Gasteiger partial charge on any atom is 0.143 e. The van der Waals surface area contributed by atoms with Crippen LogP contribution in [0.25, 0.3) is 5.69 Å². The average molecular weight is 240 g/mol. The number of aromatic nitrogens is 5. The second-order valence-electron chi connectivity index (χ2n) is 3.87. The van der Waals surface area contributed by atoms with Crippen LogP contribution >= 0.6 is 0 Å². The maximum atomic E-state index is 3.83. The number of nitrogens with zero attached hydrogens (tertiary/aromatic N) is 4. The van der Waals surface area contributed by atoms with Gasteiger partial charge in [0.15, 0.2) is 0 Å². The molecule has 1 aromatic carbocycles. The number of benzene rings is 1. The smallest absolute Gasteiger partial charge is 0.143 e. The number of tetrazole rings is 1. The molecule has 0 unspecified atom stereocenters. The number of hydrogen-bond acceptors (Lipinski definition) is 4. The number of aromatic amines is 1. The van der Waals surface area contributed by atoms with Gasteiger partial charge in [-0.05, 0) is 46.3 Å². The van der Waals surface area contributed by atoms with Crippen molar-refractivity contribution in [3.05, 3.63) is 54.6 Å². The molecule has 0 fully saturated rings. The molecule has 3 rings (SSSR count). The van der Waals surface area contributed by atoms with E-state index in [1.54, 1.807) is 11.0 Å². The summed E-state index contributed by atoms with van der Waals surface area (Å²) in [7, 11) is 0. The van der Waals surface area contributed by atoms with Crippen LogP contribution in [0, 0.1) is 0 Å². The van der Waals surface area contributed by atoms with Crippen molar-refractivity contribution >= 4 is 5.69 Å². The largest absolute Gasteiger partial charge is 0.381 e. The summed E-state index contributed by atoms with van der Waals surface area (Å²) in [6.07, 6.45) is 5.46. The molecule has 0 spiro atoms. The Kier molecular flexibility index (Phi) is 2.75. The molecule has 0 aliphatic rings. The lowest BCUT2D eigenvalue weighted by Crippen LogP contribution is -1.99. The van der Waals surface area contributed by atoms with Crippen LogP contribution in [0.3, 0.4) is 0 Å². The molecule has 2 heterocycles. The first-order valence-electron chi connectivity index (χ1n) is 5.61. The monoisotopic (exact) mass is 240 g/mol. The molecule has 18 heavy (non-hydrogen) atoms. The standard InChI is InChI=1S/C12H12N6/c1-3-12(18-9-15-16-17-18)4-2-11(1)14-8-10-5-6-13-7-10/h1-7,9,13-14H,8H2. The summed E-state index contributed by atoms with van der Waals surface area (Å²) in [5.41, 5.74) is 3.22. The molecule has 0 saturated heterocycles. The van der Waals surface area contributed by atoms with E-state index in [9.17, 15) is 0 Å². The molecule has 0 aliphatic heterocycles. The highest BCUT2D eigenvalue weighted by atomic mass is 15.5. The fourth-order valence-corrected chi connectivity index (χ4v) is 1.68. The molecule has 0 atom stereocenters. The Labute approximate surface area is 104 Å². The summed E-state index contributed by atoms with van der Waals surface area (Å²) in [6, 6.07) is 9.99. The third-order valence-electron chi connectivity index (χ3n) is 2.64. The van der Waals surface area contributed by atoms with Crippen molar-refractivity contribution in [3.63, 3.8) is 0 Å². The van der Waals surface area contributed by atoms with Gasteiger partial charge in [-0.1, -0.05) is 0 Å². The SMILES string of the molecule is c1cc(CNc2ccc(-n3cnnn3)cc2)c[nH]1. The Morgan fingerprint density at radius 2 is 2.06 bits per heavy atom. The van der Waals surface area contributed by atoms with E-state index < -0.39 is 0 Å². The fourth-order valence-electron chi connectivity index (χ4n) is 1.68. The number of hydrogen-bond donors (Lipinski definition) is 2. The number of nitrogens with one attached hydrogen (secondary N) is 2. The van der Waals surface area contributed by atoms with E-state index in [2.05, 4.69) is 25.8 Å². The highest BCUT2D eigenvalue weighted by molar-refractivity contribution is 5.48. The minimum Gasteiger partial charge on any atom is -0.381 e. The van der Waals surface area contributed by atoms with Gasteiger partial charge in [0.25, 0.3) is 0 Å². The van der Waals surface area contributed by atoms with Gasteiger partial charge >= 0.3 is 0 Å². The third kappa shape index (κ3) is 2.22. The topological polar surface area (TPSA) is 71.4 Å². The van der Waals surface area contributed by atoms with Gasteiger partial charge in [-0.2, -0.15) is 0 Å². The van der Waals surface area contributed by atoms with Crippen molar-refractivity contribution in [2.24, 2.45) is 0 Å². The predicted octanol–water partition coefficient (Wildman–Crippen LogP) is 1.60. The molecule has 90 valence electrons. The lowest BCUT2D eigenvalue weighted by molar-refractivity contribution is 0.789. The molecule has 0 aliphatic carbocycles. The molecule has 2 N–H and O–H groups in total. The van der Waals surface area contributed by atoms with Crippen LogP contribution in [0.1, 0.15) is 5.56 Å². The van der Waals surface area contributed by atoms with E-state index in [4.69, 9.17) is 0 Å². The van der Waals surface area contributed by atoms with E-state index in [0.717, 1.165) is 17.9 Å². The van der Waals surface area contributed by atoms with Gasteiger partial charge in [-0.25, -0.2) is 4.68 Å². The molecular weight excluding hydrogens is 228 g/mol. The van der Waals surface area contributed by atoms with Crippen LogP contribution in [0.5, 0.6) is 0 Å². The van der Waals surface area contributed by atoms with Crippen LogP contribution in [0.2, 0.25) is 0 Å².